The molecule has 1 atom stereocenters. The lowest BCUT2D eigenvalue weighted by Gasteiger charge is -2.33. The molecular formula is C17H27NOS. The summed E-state index contributed by atoms with van der Waals surface area (Å²) in [5, 5.41) is 13.6. The minimum Gasteiger partial charge on any atom is -0.394 e. The van der Waals surface area contributed by atoms with Crippen LogP contribution in [-0.2, 0) is 0 Å². The number of aryl methyl sites for hydroxylation is 2. The molecule has 1 aliphatic carbocycles. The quantitative estimate of drug-likeness (QED) is 0.719. The van der Waals surface area contributed by atoms with Crippen LogP contribution in [0.4, 0.5) is 0 Å². The van der Waals surface area contributed by atoms with Crippen LogP contribution in [0.25, 0.3) is 0 Å². The third-order valence-corrected chi connectivity index (χ3v) is 5.61. The Bertz CT molecular complexity index is 445. The van der Waals surface area contributed by atoms with Crippen molar-refractivity contribution in [3.8, 4) is 0 Å². The number of hydrogen-bond acceptors (Lipinski definition) is 3. The highest BCUT2D eigenvalue weighted by Gasteiger charge is 2.44. The van der Waals surface area contributed by atoms with Gasteiger partial charge < -0.3 is 10.4 Å². The summed E-state index contributed by atoms with van der Waals surface area (Å²) in [6.07, 6.45) is 3.62. The van der Waals surface area contributed by atoms with Gasteiger partial charge in [-0.2, -0.15) is 0 Å². The first-order valence-electron chi connectivity index (χ1n) is 7.67. The van der Waals surface area contributed by atoms with Crippen LogP contribution in [0.15, 0.2) is 23.1 Å². The second-order valence-corrected chi connectivity index (χ2v) is 7.09. The maximum Gasteiger partial charge on any atom is 0.0624 e. The molecule has 20 heavy (non-hydrogen) atoms. The summed E-state index contributed by atoms with van der Waals surface area (Å²) < 4.78 is 0. The van der Waals surface area contributed by atoms with Gasteiger partial charge >= 0.3 is 0 Å². The average Bonchev–Trinajstić information content (AvgIpc) is 3.28. The van der Waals surface area contributed by atoms with Gasteiger partial charge in [-0.15, -0.1) is 11.8 Å². The number of hydrogen-bond donors (Lipinski definition) is 2. The number of thioether (sulfide) groups is 1. The maximum absolute atomic E-state index is 9.94. The summed E-state index contributed by atoms with van der Waals surface area (Å²) in [7, 11) is 0. The van der Waals surface area contributed by atoms with E-state index >= 15 is 0 Å². The van der Waals surface area contributed by atoms with Gasteiger partial charge in [-0.1, -0.05) is 24.6 Å². The van der Waals surface area contributed by atoms with Gasteiger partial charge in [-0.3, -0.25) is 0 Å². The Labute approximate surface area is 127 Å². The lowest BCUT2D eigenvalue weighted by atomic mass is 9.96. The van der Waals surface area contributed by atoms with Gasteiger partial charge in [-0.05, 0) is 57.2 Å². The molecule has 0 saturated heterocycles. The van der Waals surface area contributed by atoms with Crippen molar-refractivity contribution in [1.29, 1.82) is 0 Å². The Balaban J connectivity index is 2.06. The molecule has 0 aliphatic heterocycles. The van der Waals surface area contributed by atoms with Crippen molar-refractivity contribution < 1.29 is 5.11 Å². The van der Waals surface area contributed by atoms with Crippen molar-refractivity contribution >= 4 is 11.8 Å². The van der Waals surface area contributed by atoms with E-state index in [1.165, 1.54) is 28.9 Å². The van der Waals surface area contributed by atoms with E-state index in [0.29, 0.717) is 5.92 Å². The van der Waals surface area contributed by atoms with Crippen LogP contribution in [0.5, 0.6) is 0 Å². The van der Waals surface area contributed by atoms with Crippen molar-refractivity contribution in [2.24, 2.45) is 5.92 Å². The summed E-state index contributed by atoms with van der Waals surface area (Å²) >= 11 is 1.89. The first-order chi connectivity index (χ1) is 9.61. The second kappa shape index (κ2) is 6.97. The van der Waals surface area contributed by atoms with Gasteiger partial charge in [0.15, 0.2) is 0 Å². The second-order valence-electron chi connectivity index (χ2n) is 6.07. The molecule has 0 spiro atoms. The molecule has 3 heteroatoms. The van der Waals surface area contributed by atoms with Gasteiger partial charge in [0, 0.05) is 10.6 Å². The first-order valence-corrected chi connectivity index (χ1v) is 8.66. The normalized spacial score (nSPS) is 18.0. The molecule has 2 nitrogen and oxygen atoms in total. The van der Waals surface area contributed by atoms with Crippen LogP contribution in [0.2, 0.25) is 0 Å². The van der Waals surface area contributed by atoms with Gasteiger partial charge in [-0.25, -0.2) is 0 Å². The molecule has 1 fully saturated rings. The van der Waals surface area contributed by atoms with Crippen LogP contribution in [0.1, 0.15) is 37.3 Å². The molecule has 0 heterocycles. The molecule has 1 aliphatic rings. The van der Waals surface area contributed by atoms with E-state index in [4.69, 9.17) is 0 Å². The SMILES string of the molecule is CCCNC(CO)(CSc1cc(C)ccc1C)C1CC1. The number of nitrogens with one attached hydrogen (secondary N) is 1. The standard InChI is InChI=1S/C17H27NOS/c1-4-9-18-17(11-19,15-7-8-15)12-20-16-10-13(2)5-6-14(16)3/h5-6,10,15,18-19H,4,7-9,11-12H2,1-3H3. The van der Waals surface area contributed by atoms with Crippen molar-refractivity contribution in [2.75, 3.05) is 18.9 Å². The van der Waals surface area contributed by atoms with Crippen LogP contribution >= 0.6 is 11.8 Å². The van der Waals surface area contributed by atoms with Crippen molar-refractivity contribution in [3.05, 3.63) is 29.3 Å². The fourth-order valence-electron chi connectivity index (χ4n) is 2.62. The van der Waals surface area contributed by atoms with Gasteiger partial charge in [0.1, 0.15) is 0 Å². The van der Waals surface area contributed by atoms with E-state index in [-0.39, 0.29) is 12.1 Å². The summed E-state index contributed by atoms with van der Waals surface area (Å²) in [5.41, 5.74) is 2.55. The Hall–Kier alpha value is -0.510. The maximum atomic E-state index is 9.94. The molecular weight excluding hydrogens is 266 g/mol. The Morgan fingerprint density at radius 3 is 2.70 bits per heavy atom. The van der Waals surface area contributed by atoms with Crippen LogP contribution < -0.4 is 5.32 Å². The number of aliphatic hydroxyl groups is 1. The molecule has 0 bridgehead atoms. The monoisotopic (exact) mass is 293 g/mol. The third-order valence-electron chi connectivity index (χ3n) is 4.20. The lowest BCUT2D eigenvalue weighted by molar-refractivity contribution is 0.159. The van der Waals surface area contributed by atoms with E-state index in [2.05, 4.69) is 44.3 Å². The fourth-order valence-corrected chi connectivity index (χ4v) is 4.03. The van der Waals surface area contributed by atoms with Crippen molar-refractivity contribution in [3.63, 3.8) is 0 Å². The largest absolute Gasteiger partial charge is 0.394 e. The first kappa shape index (κ1) is 15.9. The smallest absolute Gasteiger partial charge is 0.0624 e. The zero-order valence-corrected chi connectivity index (χ0v) is 13.7. The molecule has 1 unspecified atom stereocenters. The number of aliphatic hydroxyl groups excluding tert-OH is 1. The highest BCUT2D eigenvalue weighted by molar-refractivity contribution is 7.99. The number of rotatable bonds is 8. The highest BCUT2D eigenvalue weighted by Crippen LogP contribution is 2.42. The molecule has 0 amide bonds. The minimum atomic E-state index is -0.0864. The zero-order valence-electron chi connectivity index (χ0n) is 12.9. The van der Waals surface area contributed by atoms with E-state index < -0.39 is 0 Å². The van der Waals surface area contributed by atoms with Gasteiger partial charge in [0.2, 0.25) is 0 Å². The molecule has 112 valence electrons. The fraction of sp³-hybridized carbons (Fsp3) is 0.647. The molecule has 2 N–H and O–H groups in total. The summed E-state index contributed by atoms with van der Waals surface area (Å²) in [6, 6.07) is 6.61. The molecule has 1 aromatic carbocycles. The van der Waals surface area contributed by atoms with Gasteiger partial charge in [0.25, 0.3) is 0 Å². The Morgan fingerprint density at radius 2 is 2.10 bits per heavy atom. The highest BCUT2D eigenvalue weighted by atomic mass is 32.2. The third kappa shape index (κ3) is 3.78. The van der Waals surface area contributed by atoms with Crippen molar-refractivity contribution in [2.45, 2.75) is 50.5 Å². The summed E-state index contributed by atoms with van der Waals surface area (Å²) in [4.78, 5) is 1.35. The average molecular weight is 293 g/mol. The molecule has 2 rings (SSSR count). The minimum absolute atomic E-state index is 0.0864. The zero-order chi connectivity index (χ0) is 14.6. The topological polar surface area (TPSA) is 32.3 Å². The lowest BCUT2D eigenvalue weighted by Crippen LogP contribution is -2.53. The van der Waals surface area contributed by atoms with Crippen LogP contribution in [0, 0.1) is 19.8 Å². The van der Waals surface area contributed by atoms with Crippen LogP contribution in [-0.4, -0.2) is 29.5 Å². The summed E-state index contributed by atoms with van der Waals surface area (Å²) in [5.74, 6) is 1.61. The Kier molecular flexibility index (Phi) is 5.53. The molecule has 1 saturated carbocycles. The molecule has 0 radical (unpaired) electrons. The van der Waals surface area contributed by atoms with Crippen LogP contribution in [0.3, 0.4) is 0 Å². The molecule has 1 aromatic rings. The van der Waals surface area contributed by atoms with Crippen molar-refractivity contribution in [1.82, 2.24) is 5.32 Å². The van der Waals surface area contributed by atoms with E-state index in [1.807, 2.05) is 11.8 Å². The predicted octanol–water partition coefficient (Wildman–Crippen LogP) is 3.54. The predicted molar refractivity (Wildman–Crippen MR) is 87.5 cm³/mol. The number of benzene rings is 1. The van der Waals surface area contributed by atoms with E-state index in [1.54, 1.807) is 0 Å². The summed E-state index contributed by atoms with van der Waals surface area (Å²) in [6.45, 7) is 7.72. The van der Waals surface area contributed by atoms with E-state index in [9.17, 15) is 5.11 Å². The molecule has 0 aromatic heterocycles. The Morgan fingerprint density at radius 1 is 1.35 bits per heavy atom. The van der Waals surface area contributed by atoms with E-state index in [0.717, 1.165) is 18.7 Å². The van der Waals surface area contributed by atoms with Gasteiger partial charge in [0.05, 0.1) is 12.1 Å².